The second-order valence-electron chi connectivity index (χ2n) is 3.48. The molecule has 0 radical (unpaired) electrons. The number of allylic oxidation sites excluding steroid dienone is 3. The lowest BCUT2D eigenvalue weighted by molar-refractivity contribution is 0.574. The van der Waals surface area contributed by atoms with Crippen molar-refractivity contribution in [2.75, 3.05) is 0 Å². The van der Waals surface area contributed by atoms with Crippen LogP contribution < -0.4 is 0 Å². The number of rotatable bonds is 6. The SMILES string of the molecule is C=CC(=C(CC)CC)C(CC)CC.CC.CC. The molecule has 0 heteroatoms. The van der Waals surface area contributed by atoms with E-state index >= 15 is 0 Å². The van der Waals surface area contributed by atoms with E-state index in [1.807, 2.05) is 27.7 Å². The summed E-state index contributed by atoms with van der Waals surface area (Å²) in [5, 5.41) is 0. The van der Waals surface area contributed by atoms with E-state index < -0.39 is 0 Å². The molecule has 0 aliphatic heterocycles. The van der Waals surface area contributed by atoms with Crippen LogP contribution in [0.5, 0.6) is 0 Å². The van der Waals surface area contributed by atoms with Crippen molar-refractivity contribution < 1.29 is 0 Å². The van der Waals surface area contributed by atoms with Crippen LogP contribution in [0.2, 0.25) is 0 Å². The molecule has 0 atom stereocenters. The van der Waals surface area contributed by atoms with Crippen LogP contribution >= 0.6 is 0 Å². The first kappa shape index (κ1) is 21.7. The van der Waals surface area contributed by atoms with Gasteiger partial charge in [0, 0.05) is 0 Å². The summed E-state index contributed by atoms with van der Waals surface area (Å²) in [6.07, 6.45) is 6.89. The van der Waals surface area contributed by atoms with Gasteiger partial charge < -0.3 is 0 Å². The quantitative estimate of drug-likeness (QED) is 0.449. The second-order valence-corrected chi connectivity index (χ2v) is 3.48. The molecule has 0 aromatic rings. The van der Waals surface area contributed by atoms with Crippen molar-refractivity contribution in [1.82, 2.24) is 0 Å². The van der Waals surface area contributed by atoms with E-state index in [1.54, 1.807) is 5.57 Å². The van der Waals surface area contributed by atoms with Gasteiger partial charge >= 0.3 is 0 Å². The van der Waals surface area contributed by atoms with E-state index in [0.29, 0.717) is 0 Å². The van der Waals surface area contributed by atoms with Crippen molar-refractivity contribution in [3.8, 4) is 0 Å². The van der Waals surface area contributed by atoms with E-state index in [4.69, 9.17) is 0 Å². The van der Waals surface area contributed by atoms with Crippen LogP contribution in [0.15, 0.2) is 23.8 Å². The largest absolute Gasteiger partial charge is 0.0988 e. The lowest BCUT2D eigenvalue weighted by atomic mass is 9.88. The smallest absolute Gasteiger partial charge is 0.0168 e. The normalized spacial score (nSPS) is 8.53. The highest BCUT2D eigenvalue weighted by atomic mass is 14.2. The Labute approximate surface area is 111 Å². The molecule has 0 unspecified atom stereocenters. The minimum absolute atomic E-state index is 0.729. The van der Waals surface area contributed by atoms with Crippen molar-refractivity contribution in [3.05, 3.63) is 23.8 Å². The summed E-state index contributed by atoms with van der Waals surface area (Å²) in [5.41, 5.74) is 3.10. The lowest BCUT2D eigenvalue weighted by Crippen LogP contribution is -2.02. The van der Waals surface area contributed by atoms with Crippen molar-refractivity contribution >= 4 is 0 Å². The fourth-order valence-electron chi connectivity index (χ4n) is 1.99. The first-order valence-corrected chi connectivity index (χ1v) is 7.59. The van der Waals surface area contributed by atoms with Crippen molar-refractivity contribution in [2.45, 2.75) is 81.1 Å². The third-order valence-electron chi connectivity index (χ3n) is 2.91. The Bertz CT molecular complexity index is 164. The van der Waals surface area contributed by atoms with Gasteiger partial charge in [0.1, 0.15) is 0 Å². The first-order chi connectivity index (χ1) is 8.24. The molecule has 0 spiro atoms. The number of hydrogen-bond donors (Lipinski definition) is 0. The molecule has 0 amide bonds. The molecule has 0 rings (SSSR count). The molecule has 104 valence electrons. The molecule has 0 nitrogen and oxygen atoms in total. The van der Waals surface area contributed by atoms with Gasteiger partial charge in [-0.05, 0) is 37.2 Å². The Morgan fingerprint density at radius 3 is 1.41 bits per heavy atom. The maximum Gasteiger partial charge on any atom is -0.0168 e. The Morgan fingerprint density at radius 1 is 0.882 bits per heavy atom. The topological polar surface area (TPSA) is 0 Å². The highest BCUT2D eigenvalue weighted by Crippen LogP contribution is 2.26. The zero-order valence-electron chi connectivity index (χ0n) is 13.7. The Morgan fingerprint density at radius 2 is 1.24 bits per heavy atom. The second kappa shape index (κ2) is 17.9. The van der Waals surface area contributed by atoms with E-state index in [1.165, 1.54) is 31.3 Å². The van der Waals surface area contributed by atoms with Gasteiger partial charge in [-0.15, -0.1) is 0 Å². The summed E-state index contributed by atoms with van der Waals surface area (Å²) in [4.78, 5) is 0. The average molecular weight is 240 g/mol. The lowest BCUT2D eigenvalue weighted by Gasteiger charge is -2.18. The molecule has 0 saturated heterocycles. The highest BCUT2D eigenvalue weighted by molar-refractivity contribution is 5.26. The van der Waals surface area contributed by atoms with Crippen LogP contribution in [0.4, 0.5) is 0 Å². The van der Waals surface area contributed by atoms with Crippen LogP contribution in [-0.4, -0.2) is 0 Å². The maximum absolute atomic E-state index is 3.94. The van der Waals surface area contributed by atoms with Crippen LogP contribution in [0.25, 0.3) is 0 Å². The molecule has 0 aromatic carbocycles. The first-order valence-electron chi connectivity index (χ1n) is 7.59. The fraction of sp³-hybridized carbons (Fsp3) is 0.765. The molecule has 0 bridgehead atoms. The average Bonchev–Trinajstić information content (AvgIpc) is 2.43. The third-order valence-corrected chi connectivity index (χ3v) is 2.91. The fourth-order valence-corrected chi connectivity index (χ4v) is 1.99. The predicted molar refractivity (Wildman–Crippen MR) is 84.6 cm³/mol. The summed E-state index contributed by atoms with van der Waals surface area (Å²) in [6, 6.07) is 0. The Kier molecular flexibility index (Phi) is 22.8. The van der Waals surface area contributed by atoms with E-state index in [0.717, 1.165) is 5.92 Å². The van der Waals surface area contributed by atoms with E-state index in [9.17, 15) is 0 Å². The standard InChI is InChI=1S/C13H24.2C2H6/c1-6-11(7-2)13(10-5)12(8-3)9-4;2*1-2/h10-11H,5-9H2,1-4H3;2*1-2H3. The van der Waals surface area contributed by atoms with Gasteiger partial charge in [0.25, 0.3) is 0 Å². The molecular weight excluding hydrogens is 204 g/mol. The summed E-state index contributed by atoms with van der Waals surface area (Å²) < 4.78 is 0. The van der Waals surface area contributed by atoms with Crippen molar-refractivity contribution in [1.29, 1.82) is 0 Å². The summed E-state index contributed by atoms with van der Waals surface area (Å²) >= 11 is 0. The molecule has 0 saturated carbocycles. The Hall–Kier alpha value is -0.520. The predicted octanol–water partition coefficient (Wildman–Crippen LogP) is 6.78. The summed E-state index contributed by atoms with van der Waals surface area (Å²) in [5.74, 6) is 0.729. The third kappa shape index (κ3) is 9.21. The maximum atomic E-state index is 3.94. The van der Waals surface area contributed by atoms with Gasteiger partial charge in [-0.1, -0.05) is 73.6 Å². The molecular formula is C17H36. The molecule has 17 heavy (non-hydrogen) atoms. The summed E-state index contributed by atoms with van der Waals surface area (Å²) in [7, 11) is 0. The van der Waals surface area contributed by atoms with Gasteiger partial charge in [-0.2, -0.15) is 0 Å². The molecule has 0 heterocycles. The van der Waals surface area contributed by atoms with E-state index in [2.05, 4.69) is 40.3 Å². The Balaban J connectivity index is -0.000000439. The van der Waals surface area contributed by atoms with Gasteiger partial charge in [0.05, 0.1) is 0 Å². The molecule has 0 aliphatic rings. The minimum Gasteiger partial charge on any atom is -0.0988 e. The zero-order chi connectivity index (χ0) is 14.3. The van der Waals surface area contributed by atoms with Gasteiger partial charge in [0.15, 0.2) is 0 Å². The van der Waals surface area contributed by atoms with Gasteiger partial charge in [-0.25, -0.2) is 0 Å². The van der Waals surface area contributed by atoms with Crippen LogP contribution in [0, 0.1) is 5.92 Å². The van der Waals surface area contributed by atoms with Gasteiger partial charge in [-0.3, -0.25) is 0 Å². The zero-order valence-corrected chi connectivity index (χ0v) is 13.7. The molecule has 0 N–H and O–H groups in total. The highest BCUT2D eigenvalue weighted by Gasteiger charge is 2.10. The molecule has 0 aromatic heterocycles. The monoisotopic (exact) mass is 240 g/mol. The van der Waals surface area contributed by atoms with E-state index in [-0.39, 0.29) is 0 Å². The number of hydrogen-bond acceptors (Lipinski definition) is 0. The van der Waals surface area contributed by atoms with Crippen molar-refractivity contribution in [3.63, 3.8) is 0 Å². The summed E-state index contributed by atoms with van der Waals surface area (Å²) in [6.45, 7) is 20.9. The van der Waals surface area contributed by atoms with Gasteiger partial charge in [0.2, 0.25) is 0 Å². The van der Waals surface area contributed by atoms with Crippen LogP contribution in [0.1, 0.15) is 81.1 Å². The van der Waals surface area contributed by atoms with Crippen LogP contribution in [-0.2, 0) is 0 Å². The van der Waals surface area contributed by atoms with Crippen molar-refractivity contribution in [2.24, 2.45) is 5.92 Å². The molecule has 0 fully saturated rings. The van der Waals surface area contributed by atoms with Crippen LogP contribution in [0.3, 0.4) is 0 Å². The molecule has 0 aliphatic carbocycles. The minimum atomic E-state index is 0.729.